The molecule has 1 aliphatic heterocycles. The summed E-state index contributed by atoms with van der Waals surface area (Å²) < 4.78 is 12.9. The lowest BCUT2D eigenvalue weighted by atomic mass is 10.0. The zero-order chi connectivity index (χ0) is 15.8. The van der Waals surface area contributed by atoms with Crippen LogP contribution in [0.25, 0.3) is 0 Å². The average molecular weight is 339 g/mol. The van der Waals surface area contributed by atoms with Crippen molar-refractivity contribution in [2.24, 2.45) is 4.99 Å². The van der Waals surface area contributed by atoms with Crippen LogP contribution in [0.1, 0.15) is 11.1 Å². The van der Waals surface area contributed by atoms with Crippen LogP contribution in [0.3, 0.4) is 0 Å². The number of hydrogen-bond acceptors (Lipinski definition) is 3. The average Bonchev–Trinajstić information content (AvgIpc) is 2.71. The molecule has 112 valence electrons. The molecule has 0 N–H and O–H groups in total. The number of aromatic nitrogens is 1. The Balaban J connectivity index is 2.07. The van der Waals surface area contributed by atoms with Crippen molar-refractivity contribution in [3.8, 4) is 0 Å². The van der Waals surface area contributed by atoms with E-state index in [0.29, 0.717) is 20.6 Å². The van der Waals surface area contributed by atoms with Crippen molar-refractivity contribution in [3.63, 3.8) is 0 Å². The van der Waals surface area contributed by atoms with Crippen molar-refractivity contribution in [1.29, 1.82) is 0 Å². The second kappa shape index (κ2) is 5.72. The van der Waals surface area contributed by atoms with Gasteiger partial charge in [-0.2, -0.15) is 0 Å². The minimum Gasteiger partial charge on any atom is -0.247 e. The largest absolute Gasteiger partial charge is 0.247 e. The van der Waals surface area contributed by atoms with Gasteiger partial charge >= 0.3 is 0 Å². The van der Waals surface area contributed by atoms with Gasteiger partial charge < -0.3 is 0 Å². The van der Waals surface area contributed by atoms with Gasteiger partial charge in [-0.1, -0.05) is 41.9 Å². The lowest BCUT2D eigenvalue weighted by Gasteiger charge is -2.09. The fraction of sp³-hybridized carbons (Fsp3) is 0. The Morgan fingerprint density at radius 3 is 2.61 bits per heavy atom. The minimum atomic E-state index is -1.39. The third kappa shape index (κ3) is 2.50. The van der Waals surface area contributed by atoms with Gasteiger partial charge in [0.2, 0.25) is 0 Å². The van der Waals surface area contributed by atoms with Crippen LogP contribution in [0, 0.1) is 0 Å². The topological polar surface area (TPSA) is 42.3 Å². The molecule has 1 aromatic heterocycles. The van der Waals surface area contributed by atoms with Gasteiger partial charge in [0.05, 0.1) is 16.3 Å². The highest BCUT2D eigenvalue weighted by Gasteiger charge is 2.24. The Kier molecular flexibility index (Phi) is 3.56. The SMILES string of the molecule is O=S1c2ccc(Cl)cc2C(c2ccccc2)=Nc2cccnc21. The number of nitrogens with zero attached hydrogens (tertiary/aromatic N) is 2. The summed E-state index contributed by atoms with van der Waals surface area (Å²) in [6.07, 6.45) is 1.63. The Hall–Kier alpha value is -2.30. The molecule has 0 bridgehead atoms. The highest BCUT2D eigenvalue weighted by Crippen LogP contribution is 2.34. The van der Waals surface area contributed by atoms with Crippen molar-refractivity contribution in [2.75, 3.05) is 0 Å². The summed E-state index contributed by atoms with van der Waals surface area (Å²) in [7, 11) is -1.39. The molecule has 0 saturated carbocycles. The molecule has 0 amide bonds. The molecule has 23 heavy (non-hydrogen) atoms. The maximum atomic E-state index is 12.9. The van der Waals surface area contributed by atoms with Crippen LogP contribution in [-0.2, 0) is 10.8 Å². The van der Waals surface area contributed by atoms with Crippen molar-refractivity contribution < 1.29 is 4.21 Å². The number of benzene rings is 2. The predicted molar refractivity (Wildman–Crippen MR) is 92.1 cm³/mol. The second-order valence-electron chi connectivity index (χ2n) is 5.06. The maximum absolute atomic E-state index is 12.9. The molecule has 1 unspecified atom stereocenters. The molecule has 0 fully saturated rings. The number of halogens is 1. The zero-order valence-corrected chi connectivity index (χ0v) is 13.5. The number of hydrogen-bond donors (Lipinski definition) is 0. The molecule has 1 aliphatic rings. The Bertz CT molecular complexity index is 954. The van der Waals surface area contributed by atoms with Crippen LogP contribution < -0.4 is 0 Å². The molecule has 0 aliphatic carbocycles. The van der Waals surface area contributed by atoms with Crippen LogP contribution in [0.2, 0.25) is 5.02 Å². The highest BCUT2D eigenvalue weighted by molar-refractivity contribution is 7.85. The van der Waals surface area contributed by atoms with Gasteiger partial charge in [0.15, 0.2) is 5.03 Å². The van der Waals surface area contributed by atoms with Crippen LogP contribution in [-0.4, -0.2) is 14.9 Å². The van der Waals surface area contributed by atoms with Crippen molar-refractivity contribution in [3.05, 3.63) is 83.0 Å². The van der Waals surface area contributed by atoms with E-state index in [1.165, 1.54) is 0 Å². The van der Waals surface area contributed by atoms with Gasteiger partial charge in [-0.3, -0.25) is 0 Å². The minimum absolute atomic E-state index is 0.474. The van der Waals surface area contributed by atoms with E-state index in [-0.39, 0.29) is 0 Å². The molecule has 2 aromatic carbocycles. The Morgan fingerprint density at radius 1 is 0.957 bits per heavy atom. The number of aliphatic imine (C=N–C) groups is 1. The molecule has 5 heteroatoms. The van der Waals surface area contributed by atoms with E-state index in [0.717, 1.165) is 16.8 Å². The molecule has 0 radical (unpaired) electrons. The summed E-state index contributed by atoms with van der Waals surface area (Å²) in [6, 6.07) is 18.8. The molecule has 0 spiro atoms. The smallest absolute Gasteiger partial charge is 0.157 e. The van der Waals surface area contributed by atoms with E-state index in [4.69, 9.17) is 16.6 Å². The predicted octanol–water partition coefficient (Wildman–Crippen LogP) is 4.38. The van der Waals surface area contributed by atoms with Gasteiger partial charge in [0.25, 0.3) is 0 Å². The number of pyridine rings is 1. The Labute approximate surface area is 141 Å². The van der Waals surface area contributed by atoms with E-state index in [1.54, 1.807) is 24.4 Å². The van der Waals surface area contributed by atoms with E-state index < -0.39 is 10.8 Å². The quantitative estimate of drug-likeness (QED) is 0.516. The molecule has 1 atom stereocenters. The first-order valence-electron chi connectivity index (χ1n) is 7.05. The summed E-state index contributed by atoms with van der Waals surface area (Å²) in [5.74, 6) is 0. The van der Waals surface area contributed by atoms with Gasteiger partial charge in [0.1, 0.15) is 10.8 Å². The van der Waals surface area contributed by atoms with E-state index in [1.807, 2.05) is 42.5 Å². The van der Waals surface area contributed by atoms with Crippen LogP contribution in [0.5, 0.6) is 0 Å². The fourth-order valence-corrected chi connectivity index (χ4v) is 3.95. The van der Waals surface area contributed by atoms with Crippen molar-refractivity contribution in [1.82, 2.24) is 4.98 Å². The first-order valence-corrected chi connectivity index (χ1v) is 8.57. The van der Waals surface area contributed by atoms with Crippen molar-refractivity contribution in [2.45, 2.75) is 9.92 Å². The van der Waals surface area contributed by atoms with Crippen LogP contribution >= 0.6 is 11.6 Å². The maximum Gasteiger partial charge on any atom is 0.157 e. The molecule has 4 rings (SSSR count). The third-order valence-electron chi connectivity index (χ3n) is 3.60. The zero-order valence-electron chi connectivity index (χ0n) is 11.9. The van der Waals surface area contributed by atoms with E-state index >= 15 is 0 Å². The molecule has 3 nitrogen and oxygen atoms in total. The normalized spacial score (nSPS) is 16.0. The lowest BCUT2D eigenvalue weighted by Crippen LogP contribution is -2.06. The van der Waals surface area contributed by atoms with Crippen LogP contribution in [0.15, 0.2) is 81.8 Å². The summed E-state index contributed by atoms with van der Waals surface area (Å²) in [6.45, 7) is 0. The monoisotopic (exact) mass is 338 g/mol. The van der Waals surface area contributed by atoms with E-state index in [9.17, 15) is 4.21 Å². The molecule has 2 heterocycles. The summed E-state index contributed by atoms with van der Waals surface area (Å²) in [4.78, 5) is 9.69. The first kappa shape index (κ1) is 14.3. The van der Waals surface area contributed by atoms with Gasteiger partial charge in [0, 0.05) is 22.3 Å². The lowest BCUT2D eigenvalue weighted by molar-refractivity contribution is 0.680. The Morgan fingerprint density at radius 2 is 1.78 bits per heavy atom. The summed E-state index contributed by atoms with van der Waals surface area (Å²) >= 11 is 6.17. The highest BCUT2D eigenvalue weighted by atomic mass is 35.5. The molecule has 0 saturated heterocycles. The summed E-state index contributed by atoms with van der Waals surface area (Å²) in [5.41, 5.74) is 3.10. The van der Waals surface area contributed by atoms with Gasteiger partial charge in [-0.15, -0.1) is 0 Å². The molecular weight excluding hydrogens is 328 g/mol. The standard InChI is InChI=1S/C18H11ClN2OS/c19-13-8-9-16-14(11-13)17(12-5-2-1-3-6-12)21-15-7-4-10-20-18(15)23(16)22/h1-11H. The number of fused-ring (bicyclic) bond motifs is 2. The third-order valence-corrected chi connectivity index (χ3v) is 5.26. The molecule has 3 aromatic rings. The van der Waals surface area contributed by atoms with E-state index in [2.05, 4.69) is 4.98 Å². The van der Waals surface area contributed by atoms with Gasteiger partial charge in [-0.25, -0.2) is 14.2 Å². The number of rotatable bonds is 1. The summed E-state index contributed by atoms with van der Waals surface area (Å²) in [5, 5.41) is 1.06. The fourth-order valence-electron chi connectivity index (χ4n) is 2.56. The molecular formula is C18H11ClN2OS. The van der Waals surface area contributed by atoms with Crippen LogP contribution in [0.4, 0.5) is 5.69 Å². The first-order chi connectivity index (χ1) is 11.2. The van der Waals surface area contributed by atoms with Gasteiger partial charge in [-0.05, 0) is 30.3 Å². The second-order valence-corrected chi connectivity index (χ2v) is 6.86. The van der Waals surface area contributed by atoms with Crippen molar-refractivity contribution >= 4 is 33.8 Å².